The van der Waals surface area contributed by atoms with E-state index in [1.807, 2.05) is 13.0 Å². The summed E-state index contributed by atoms with van der Waals surface area (Å²) in [4.78, 5) is 0. The Balaban J connectivity index is 2.90. The van der Waals surface area contributed by atoms with Gasteiger partial charge in [-0.3, -0.25) is 0 Å². The van der Waals surface area contributed by atoms with Crippen LogP contribution in [-0.4, -0.2) is 12.1 Å². The molecule has 0 spiro atoms. The van der Waals surface area contributed by atoms with Gasteiger partial charge >= 0.3 is 0 Å². The second-order valence-corrected chi connectivity index (χ2v) is 4.54. The smallest absolute Gasteiger partial charge is 0.123 e. The van der Waals surface area contributed by atoms with Crippen LogP contribution < -0.4 is 10.5 Å². The van der Waals surface area contributed by atoms with Crippen LogP contribution in [0.25, 0.3) is 0 Å². The highest BCUT2D eigenvalue weighted by Crippen LogP contribution is 2.23. The lowest BCUT2D eigenvalue weighted by Crippen LogP contribution is -2.22. The summed E-state index contributed by atoms with van der Waals surface area (Å²) in [6.45, 7) is 9.90. The molecule has 0 aromatic heterocycles. The minimum atomic E-state index is 0.0225. The fraction of sp³-hybridized carbons (Fsp3) is 0.467. The predicted molar refractivity (Wildman–Crippen MR) is 73.4 cm³/mol. The summed E-state index contributed by atoms with van der Waals surface area (Å²) < 4.78 is 5.82. The second-order valence-electron chi connectivity index (χ2n) is 4.54. The summed E-state index contributed by atoms with van der Waals surface area (Å²) in [5, 5.41) is 0. The van der Waals surface area contributed by atoms with Crippen LogP contribution in [0.4, 0.5) is 0 Å². The molecule has 0 bridgehead atoms. The maximum absolute atomic E-state index is 6.01. The Kier molecular flexibility index (Phi) is 5.23. The summed E-state index contributed by atoms with van der Waals surface area (Å²) in [7, 11) is 0. The Bertz CT molecular complexity index is 373. The molecule has 0 heterocycles. The van der Waals surface area contributed by atoms with E-state index in [-0.39, 0.29) is 12.1 Å². The van der Waals surface area contributed by atoms with E-state index >= 15 is 0 Å². The van der Waals surface area contributed by atoms with Crippen LogP contribution in [0.1, 0.15) is 31.4 Å². The molecule has 0 fully saturated rings. The minimum absolute atomic E-state index is 0.0225. The highest BCUT2D eigenvalue weighted by Gasteiger charge is 2.09. The first-order valence-corrected chi connectivity index (χ1v) is 6.21. The zero-order chi connectivity index (χ0) is 12.8. The first-order chi connectivity index (χ1) is 8.06. The molecule has 94 valence electrons. The Morgan fingerprint density at radius 2 is 2.18 bits per heavy atom. The van der Waals surface area contributed by atoms with Crippen LogP contribution in [0.15, 0.2) is 30.9 Å². The van der Waals surface area contributed by atoms with Gasteiger partial charge in [0.1, 0.15) is 11.9 Å². The Labute approximate surface area is 104 Å². The standard InChI is InChI=1S/C15H23NO/c1-5-12(4)17-15-8-7-11(3)9-13(15)10-14(16)6-2/h5,7-9,12,14H,1,6,10,16H2,2-4H3. The van der Waals surface area contributed by atoms with E-state index in [4.69, 9.17) is 10.5 Å². The van der Waals surface area contributed by atoms with Crippen molar-refractivity contribution < 1.29 is 4.74 Å². The molecule has 2 unspecified atom stereocenters. The quantitative estimate of drug-likeness (QED) is 0.766. The molecular weight excluding hydrogens is 210 g/mol. The van der Waals surface area contributed by atoms with Crippen LogP contribution in [0, 0.1) is 6.92 Å². The number of nitrogens with two attached hydrogens (primary N) is 1. The van der Waals surface area contributed by atoms with Crippen molar-refractivity contribution in [2.45, 2.75) is 45.8 Å². The van der Waals surface area contributed by atoms with Crippen molar-refractivity contribution in [3.05, 3.63) is 42.0 Å². The molecule has 0 aliphatic heterocycles. The van der Waals surface area contributed by atoms with Gasteiger partial charge < -0.3 is 10.5 Å². The molecular formula is C15H23NO. The lowest BCUT2D eigenvalue weighted by atomic mass is 10.0. The van der Waals surface area contributed by atoms with E-state index in [1.54, 1.807) is 6.08 Å². The molecule has 0 radical (unpaired) electrons. The van der Waals surface area contributed by atoms with Crippen molar-refractivity contribution in [2.24, 2.45) is 5.73 Å². The molecule has 1 aromatic carbocycles. The van der Waals surface area contributed by atoms with Crippen molar-refractivity contribution in [3.8, 4) is 5.75 Å². The van der Waals surface area contributed by atoms with Gasteiger partial charge in [-0.25, -0.2) is 0 Å². The van der Waals surface area contributed by atoms with Crippen LogP contribution in [0.2, 0.25) is 0 Å². The number of aryl methyl sites for hydroxylation is 1. The summed E-state index contributed by atoms with van der Waals surface area (Å²) in [6, 6.07) is 6.43. The Hall–Kier alpha value is -1.28. The largest absolute Gasteiger partial charge is 0.486 e. The summed E-state index contributed by atoms with van der Waals surface area (Å²) in [5.74, 6) is 0.923. The van der Waals surface area contributed by atoms with E-state index < -0.39 is 0 Å². The normalized spacial score (nSPS) is 14.1. The first kappa shape index (κ1) is 13.8. The first-order valence-electron chi connectivity index (χ1n) is 6.21. The summed E-state index contributed by atoms with van der Waals surface area (Å²) >= 11 is 0. The average molecular weight is 233 g/mol. The fourth-order valence-corrected chi connectivity index (χ4v) is 1.66. The van der Waals surface area contributed by atoms with Crippen LogP contribution in [-0.2, 0) is 6.42 Å². The third-order valence-corrected chi connectivity index (χ3v) is 2.87. The van der Waals surface area contributed by atoms with Gasteiger partial charge in [0.2, 0.25) is 0 Å². The van der Waals surface area contributed by atoms with E-state index in [0.29, 0.717) is 0 Å². The van der Waals surface area contributed by atoms with Gasteiger partial charge in [-0.15, -0.1) is 0 Å². The SMILES string of the molecule is C=CC(C)Oc1ccc(C)cc1CC(N)CC. The molecule has 17 heavy (non-hydrogen) atoms. The van der Waals surface area contributed by atoms with E-state index in [1.165, 1.54) is 11.1 Å². The number of hydrogen-bond acceptors (Lipinski definition) is 2. The zero-order valence-electron chi connectivity index (χ0n) is 11.1. The minimum Gasteiger partial charge on any atom is -0.486 e. The van der Waals surface area contributed by atoms with Gasteiger partial charge in [-0.05, 0) is 38.3 Å². The van der Waals surface area contributed by atoms with Crippen molar-refractivity contribution >= 4 is 0 Å². The number of hydrogen-bond donors (Lipinski definition) is 1. The Morgan fingerprint density at radius 3 is 2.76 bits per heavy atom. The fourth-order valence-electron chi connectivity index (χ4n) is 1.66. The van der Waals surface area contributed by atoms with Gasteiger partial charge in [-0.2, -0.15) is 0 Å². The molecule has 0 amide bonds. The topological polar surface area (TPSA) is 35.2 Å². The van der Waals surface area contributed by atoms with E-state index in [0.717, 1.165) is 18.6 Å². The highest BCUT2D eigenvalue weighted by molar-refractivity contribution is 5.37. The van der Waals surface area contributed by atoms with Gasteiger partial charge in [0.15, 0.2) is 0 Å². The molecule has 1 aromatic rings. The Morgan fingerprint density at radius 1 is 1.47 bits per heavy atom. The molecule has 2 nitrogen and oxygen atoms in total. The summed E-state index contributed by atoms with van der Waals surface area (Å²) in [5.41, 5.74) is 8.44. The number of ether oxygens (including phenoxy) is 1. The maximum atomic E-state index is 6.01. The highest BCUT2D eigenvalue weighted by atomic mass is 16.5. The van der Waals surface area contributed by atoms with Crippen molar-refractivity contribution in [3.63, 3.8) is 0 Å². The van der Waals surface area contributed by atoms with Gasteiger partial charge in [-0.1, -0.05) is 37.3 Å². The lowest BCUT2D eigenvalue weighted by molar-refractivity contribution is 0.267. The van der Waals surface area contributed by atoms with Gasteiger partial charge in [0.25, 0.3) is 0 Å². The van der Waals surface area contributed by atoms with Crippen molar-refractivity contribution in [1.82, 2.24) is 0 Å². The lowest BCUT2D eigenvalue weighted by Gasteiger charge is -2.17. The molecule has 2 atom stereocenters. The van der Waals surface area contributed by atoms with Crippen LogP contribution >= 0.6 is 0 Å². The molecule has 2 heteroatoms. The van der Waals surface area contributed by atoms with Crippen molar-refractivity contribution in [2.75, 3.05) is 0 Å². The molecule has 0 saturated carbocycles. The van der Waals surface area contributed by atoms with Crippen LogP contribution in [0.5, 0.6) is 5.75 Å². The van der Waals surface area contributed by atoms with Crippen molar-refractivity contribution in [1.29, 1.82) is 0 Å². The molecule has 0 saturated heterocycles. The monoisotopic (exact) mass is 233 g/mol. The number of benzene rings is 1. The molecule has 0 aliphatic rings. The summed E-state index contributed by atoms with van der Waals surface area (Å²) in [6.07, 6.45) is 3.65. The zero-order valence-corrected chi connectivity index (χ0v) is 11.1. The third-order valence-electron chi connectivity index (χ3n) is 2.87. The van der Waals surface area contributed by atoms with Gasteiger partial charge in [0, 0.05) is 6.04 Å². The van der Waals surface area contributed by atoms with Gasteiger partial charge in [0.05, 0.1) is 0 Å². The molecule has 2 N–H and O–H groups in total. The molecule has 1 rings (SSSR count). The average Bonchev–Trinajstić information content (AvgIpc) is 2.32. The maximum Gasteiger partial charge on any atom is 0.123 e. The number of rotatable bonds is 6. The molecule has 0 aliphatic carbocycles. The van der Waals surface area contributed by atoms with E-state index in [9.17, 15) is 0 Å². The second kappa shape index (κ2) is 6.45. The van der Waals surface area contributed by atoms with E-state index in [2.05, 4.69) is 32.6 Å². The third kappa shape index (κ3) is 4.23. The predicted octanol–water partition coefficient (Wildman–Crippen LogP) is 3.23. The van der Waals surface area contributed by atoms with Crippen LogP contribution in [0.3, 0.4) is 0 Å².